The molecular weight excluding hydrogens is 441 g/mol. The number of rotatable bonds is 10. The molecular formula is C17H19Li2O8PS2. The van der Waals surface area contributed by atoms with E-state index in [0.717, 1.165) is 10.6 Å². The van der Waals surface area contributed by atoms with Gasteiger partial charge in [0.2, 0.25) is 20.8 Å². The van der Waals surface area contributed by atoms with Crippen molar-refractivity contribution < 1.29 is 72.0 Å². The molecule has 0 N–H and O–H groups in total. The maximum absolute atomic E-state index is 11.1. The molecule has 0 aromatic heterocycles. The molecule has 0 bridgehead atoms. The summed E-state index contributed by atoms with van der Waals surface area (Å²) < 4.78 is 75.7. The van der Waals surface area contributed by atoms with Gasteiger partial charge in [0.15, 0.2) is 0 Å². The third kappa shape index (κ3) is 9.12. The summed E-state index contributed by atoms with van der Waals surface area (Å²) >= 11 is 0. The molecule has 0 aliphatic heterocycles. The maximum atomic E-state index is 11.1. The summed E-state index contributed by atoms with van der Waals surface area (Å²) in [5.41, 5.74) is 0. The monoisotopic (exact) mass is 460 g/mol. The fraction of sp³-hybridized carbons (Fsp3) is 0.294. The van der Waals surface area contributed by atoms with E-state index < -0.39 is 47.1 Å². The Morgan fingerprint density at radius 1 is 0.767 bits per heavy atom. The minimum absolute atomic E-state index is 0. The molecule has 2 aromatic carbocycles. The van der Waals surface area contributed by atoms with Crippen LogP contribution in [0, 0.1) is 0 Å². The Hall–Kier alpha value is -0.195. The van der Waals surface area contributed by atoms with Crippen LogP contribution < -0.4 is 48.3 Å². The van der Waals surface area contributed by atoms with Gasteiger partial charge in [-0.15, -0.1) is 0 Å². The predicted molar refractivity (Wildman–Crippen MR) is 103 cm³/mol. The van der Waals surface area contributed by atoms with Gasteiger partial charge in [-0.2, -0.15) is 0 Å². The van der Waals surface area contributed by atoms with Crippen LogP contribution in [-0.2, 0) is 29.2 Å². The summed E-state index contributed by atoms with van der Waals surface area (Å²) in [5, 5.41) is 0.307. The molecule has 0 heterocycles. The van der Waals surface area contributed by atoms with Crippen LogP contribution in [-0.4, -0.2) is 44.3 Å². The van der Waals surface area contributed by atoms with Crippen LogP contribution in [0.5, 0.6) is 0 Å². The summed E-state index contributed by atoms with van der Waals surface area (Å²) in [7, 11) is -11.5. The smallest absolute Gasteiger partial charge is 0.726 e. The van der Waals surface area contributed by atoms with Crippen LogP contribution in [0.4, 0.5) is 0 Å². The minimum Gasteiger partial charge on any atom is -0.726 e. The van der Waals surface area contributed by atoms with Crippen LogP contribution in [0.1, 0.15) is 13.3 Å². The van der Waals surface area contributed by atoms with Gasteiger partial charge in [0.1, 0.15) is 0 Å². The zero-order valence-electron chi connectivity index (χ0n) is 16.9. The first-order chi connectivity index (χ1) is 13.1. The molecule has 13 heteroatoms. The molecule has 0 spiro atoms. The second kappa shape index (κ2) is 12.7. The average Bonchev–Trinajstić information content (AvgIpc) is 2.64. The van der Waals surface area contributed by atoms with E-state index in [-0.39, 0.29) is 44.1 Å². The second-order valence-corrected chi connectivity index (χ2v) is 10.7. The summed E-state index contributed by atoms with van der Waals surface area (Å²) in [5.74, 6) is 0. The quantitative estimate of drug-likeness (QED) is 0.149. The molecule has 0 fully saturated rings. The molecule has 0 atom stereocenters. The largest absolute Gasteiger partial charge is 1.00 e. The van der Waals surface area contributed by atoms with E-state index in [1.807, 2.05) is 0 Å². The van der Waals surface area contributed by atoms with Crippen LogP contribution in [0.25, 0.3) is 0 Å². The molecule has 2 rings (SSSR count). The van der Waals surface area contributed by atoms with Crippen molar-refractivity contribution in [1.82, 2.24) is 0 Å². The molecule has 8 nitrogen and oxygen atoms in total. The van der Waals surface area contributed by atoms with Crippen molar-refractivity contribution in [1.29, 1.82) is 0 Å². The Kier molecular flexibility index (Phi) is 12.7. The zero-order valence-corrected chi connectivity index (χ0v) is 19.5. The average molecular weight is 460 g/mol. The normalized spacial score (nSPS) is 12.1. The Labute approximate surface area is 202 Å². The van der Waals surface area contributed by atoms with Gasteiger partial charge < -0.3 is 9.11 Å². The molecule has 0 aliphatic rings. The van der Waals surface area contributed by atoms with Crippen LogP contribution in [0.2, 0.25) is 0 Å². The first kappa shape index (κ1) is 29.8. The molecule has 30 heavy (non-hydrogen) atoms. The van der Waals surface area contributed by atoms with Gasteiger partial charge in [0, 0.05) is 5.16 Å². The van der Waals surface area contributed by atoms with Crippen molar-refractivity contribution in [2.45, 2.75) is 18.5 Å². The van der Waals surface area contributed by atoms with Crippen LogP contribution >= 0.6 is 7.92 Å². The van der Waals surface area contributed by atoms with Crippen LogP contribution in [0.3, 0.4) is 0 Å². The number of benzene rings is 2. The van der Waals surface area contributed by atoms with Gasteiger partial charge in [-0.1, -0.05) is 67.6 Å². The van der Waals surface area contributed by atoms with E-state index in [1.165, 1.54) is 0 Å². The third-order valence-electron chi connectivity index (χ3n) is 4.11. The fourth-order valence-corrected chi connectivity index (χ4v) is 6.70. The fourth-order valence-electron chi connectivity index (χ4n) is 2.75. The van der Waals surface area contributed by atoms with Crippen molar-refractivity contribution in [2.75, 3.05) is 13.2 Å². The second-order valence-electron chi connectivity index (χ2n) is 5.93. The van der Waals surface area contributed by atoms with Gasteiger partial charge in [0.05, 0.1) is 13.2 Å². The van der Waals surface area contributed by atoms with Crippen molar-refractivity contribution in [2.24, 2.45) is 0 Å². The summed E-state index contributed by atoms with van der Waals surface area (Å²) in [4.78, 5) is 0. The number of hydrogen-bond donors (Lipinski definition) is 0. The Morgan fingerprint density at radius 3 is 1.37 bits per heavy atom. The number of hydrogen-bond acceptors (Lipinski definition) is 8. The minimum atomic E-state index is -5.04. The molecule has 0 saturated carbocycles. The van der Waals surface area contributed by atoms with E-state index in [9.17, 15) is 25.9 Å². The maximum Gasteiger partial charge on any atom is 1.00 e. The van der Waals surface area contributed by atoms with E-state index in [1.54, 1.807) is 67.6 Å². The van der Waals surface area contributed by atoms with Crippen molar-refractivity contribution in [3.05, 3.63) is 60.7 Å². The van der Waals surface area contributed by atoms with E-state index in [0.29, 0.717) is 0 Å². The summed E-state index contributed by atoms with van der Waals surface area (Å²) in [6.07, 6.45) is 0.188. The standard InChI is InChI=1S/C17H21O8PS2.2Li/c1-2-17(13-24-27(18,19)20,14-25-28(21,22)23)26(15-9-5-3-6-10-15)16-11-7-4-8-12-16;;/h3-12H,2,13-14H2,1H3,(H,18,19,20)(H,21,22,23);;/q;2*+1/p-2. The van der Waals surface area contributed by atoms with E-state index >= 15 is 0 Å². The first-order valence-corrected chi connectivity index (χ1v) is 12.2. The Bertz CT molecular complexity index is 898. The van der Waals surface area contributed by atoms with Crippen molar-refractivity contribution in [3.8, 4) is 0 Å². The van der Waals surface area contributed by atoms with Crippen molar-refractivity contribution in [3.63, 3.8) is 0 Å². The molecule has 0 radical (unpaired) electrons. The molecule has 0 aliphatic carbocycles. The van der Waals surface area contributed by atoms with Gasteiger partial charge >= 0.3 is 37.7 Å². The van der Waals surface area contributed by atoms with Gasteiger partial charge in [-0.3, -0.25) is 8.37 Å². The van der Waals surface area contributed by atoms with Gasteiger partial charge in [0.25, 0.3) is 0 Å². The predicted octanol–water partition coefficient (Wildman–Crippen LogP) is -4.77. The van der Waals surface area contributed by atoms with E-state index in [2.05, 4.69) is 8.37 Å². The molecule has 0 unspecified atom stereocenters. The van der Waals surface area contributed by atoms with Gasteiger partial charge in [-0.05, 0) is 25.0 Å². The Morgan fingerprint density at radius 2 is 1.10 bits per heavy atom. The molecule has 2 aromatic rings. The summed E-state index contributed by atoms with van der Waals surface area (Å²) in [6, 6.07) is 17.9. The Balaban J connectivity index is 0.00000420. The third-order valence-corrected chi connectivity index (χ3v) is 8.07. The van der Waals surface area contributed by atoms with Gasteiger partial charge in [-0.25, -0.2) is 16.8 Å². The van der Waals surface area contributed by atoms with E-state index in [4.69, 9.17) is 0 Å². The zero-order chi connectivity index (χ0) is 20.8. The SMILES string of the molecule is CCC(COS(=O)(=O)[O-])(COS(=O)(=O)[O-])P(c1ccccc1)c1ccccc1.[Li+].[Li+]. The first-order valence-electron chi connectivity index (χ1n) is 8.17. The van der Waals surface area contributed by atoms with Crippen molar-refractivity contribution >= 4 is 39.3 Å². The molecule has 0 saturated heterocycles. The topological polar surface area (TPSA) is 133 Å². The molecule has 0 amide bonds. The molecule has 154 valence electrons. The van der Waals surface area contributed by atoms with Crippen LogP contribution in [0.15, 0.2) is 60.7 Å². The summed E-state index contributed by atoms with van der Waals surface area (Å²) in [6.45, 7) is 0.434.